The molecule has 2 rings (SSSR count). The van der Waals surface area contributed by atoms with E-state index in [9.17, 15) is 0 Å². The number of likely N-dealkylation sites (N-methyl/N-ethyl adjacent to an activating group) is 1. The van der Waals surface area contributed by atoms with Crippen LogP contribution in [0.4, 0.5) is 0 Å². The van der Waals surface area contributed by atoms with Crippen molar-refractivity contribution in [3.05, 3.63) is 18.2 Å². The third-order valence-corrected chi connectivity index (χ3v) is 4.75. The van der Waals surface area contributed by atoms with Gasteiger partial charge in [0.2, 0.25) is 0 Å². The molecule has 0 aromatic carbocycles. The topological polar surface area (TPSA) is 57.5 Å². The zero-order valence-electron chi connectivity index (χ0n) is 16.0. The van der Waals surface area contributed by atoms with Crippen LogP contribution in [-0.2, 0) is 6.54 Å². The predicted octanol–water partition coefficient (Wildman–Crippen LogP) is 2.63. The Labute approximate surface area is 169 Å². The molecule has 0 amide bonds. The van der Waals surface area contributed by atoms with Crippen LogP contribution < -0.4 is 10.6 Å². The van der Waals surface area contributed by atoms with E-state index in [0.717, 1.165) is 57.3 Å². The summed E-state index contributed by atoms with van der Waals surface area (Å²) in [5, 5.41) is 6.83. The van der Waals surface area contributed by atoms with E-state index in [1.165, 1.54) is 19.4 Å². The summed E-state index contributed by atoms with van der Waals surface area (Å²) in [6.07, 6.45) is 8.79. The lowest BCUT2D eigenvalue weighted by Gasteiger charge is -2.21. The van der Waals surface area contributed by atoms with Crippen LogP contribution in [0.3, 0.4) is 0 Å². The quantitative estimate of drug-likeness (QED) is 0.257. The summed E-state index contributed by atoms with van der Waals surface area (Å²) in [4.78, 5) is 11.6. The van der Waals surface area contributed by atoms with E-state index in [1.807, 2.05) is 6.20 Å². The first-order chi connectivity index (χ1) is 11.7. The Hall–Kier alpha value is -0.830. The molecule has 1 fully saturated rings. The molecule has 1 unspecified atom stereocenters. The fourth-order valence-electron chi connectivity index (χ4n) is 3.31. The average Bonchev–Trinajstić information content (AvgIpc) is 3.20. The fourth-order valence-corrected chi connectivity index (χ4v) is 3.31. The Bertz CT molecular complexity index is 502. The van der Waals surface area contributed by atoms with Gasteiger partial charge in [0.1, 0.15) is 5.82 Å². The molecule has 144 valence electrons. The van der Waals surface area contributed by atoms with Crippen LogP contribution in [0, 0.1) is 6.92 Å². The average molecular weight is 462 g/mol. The van der Waals surface area contributed by atoms with Crippen LogP contribution in [0.2, 0.25) is 0 Å². The molecule has 6 nitrogen and oxygen atoms in total. The number of aromatic nitrogens is 2. The van der Waals surface area contributed by atoms with Crippen molar-refractivity contribution < 1.29 is 0 Å². The van der Waals surface area contributed by atoms with Crippen molar-refractivity contribution >= 4 is 29.9 Å². The number of nitrogens with one attached hydrogen (secondary N) is 2. The smallest absolute Gasteiger partial charge is 0.191 e. The largest absolute Gasteiger partial charge is 0.357 e. The van der Waals surface area contributed by atoms with Gasteiger partial charge < -0.3 is 15.2 Å². The molecule has 25 heavy (non-hydrogen) atoms. The molecule has 2 heterocycles. The normalized spacial score (nSPS) is 18.2. The highest BCUT2D eigenvalue weighted by molar-refractivity contribution is 14.0. The maximum Gasteiger partial charge on any atom is 0.191 e. The number of halogens is 1. The summed E-state index contributed by atoms with van der Waals surface area (Å²) in [5.41, 5.74) is 0. The first-order valence-corrected chi connectivity index (χ1v) is 9.48. The van der Waals surface area contributed by atoms with Gasteiger partial charge in [0.15, 0.2) is 5.96 Å². The molecule has 0 bridgehead atoms. The minimum absolute atomic E-state index is 0. The second-order valence-electron chi connectivity index (χ2n) is 6.45. The highest BCUT2D eigenvalue weighted by Gasteiger charge is 2.22. The summed E-state index contributed by atoms with van der Waals surface area (Å²) >= 11 is 0. The van der Waals surface area contributed by atoms with E-state index in [2.05, 4.69) is 52.1 Å². The number of aryl methyl sites for hydroxylation is 2. The summed E-state index contributed by atoms with van der Waals surface area (Å²) < 4.78 is 2.21. The van der Waals surface area contributed by atoms with Gasteiger partial charge in [-0.05, 0) is 52.6 Å². The lowest BCUT2D eigenvalue weighted by atomic mass is 10.2. The Morgan fingerprint density at radius 1 is 1.32 bits per heavy atom. The van der Waals surface area contributed by atoms with Crippen molar-refractivity contribution in [1.29, 1.82) is 0 Å². The number of nitrogens with zero attached hydrogens (tertiary/aromatic N) is 4. The Morgan fingerprint density at radius 2 is 2.16 bits per heavy atom. The van der Waals surface area contributed by atoms with Gasteiger partial charge in [0, 0.05) is 38.1 Å². The number of hydrogen-bond acceptors (Lipinski definition) is 3. The van der Waals surface area contributed by atoms with E-state index in [4.69, 9.17) is 4.99 Å². The predicted molar refractivity (Wildman–Crippen MR) is 116 cm³/mol. The van der Waals surface area contributed by atoms with Gasteiger partial charge in [-0.15, -0.1) is 24.0 Å². The molecular formula is C18H35IN6. The van der Waals surface area contributed by atoms with Gasteiger partial charge in [-0.25, -0.2) is 4.98 Å². The van der Waals surface area contributed by atoms with Crippen molar-refractivity contribution in [2.75, 3.05) is 32.7 Å². The van der Waals surface area contributed by atoms with Crippen molar-refractivity contribution in [3.8, 4) is 0 Å². The molecule has 7 heteroatoms. The second kappa shape index (κ2) is 12.5. The SMILES string of the molecule is CCNC(=NCC1CCCN1CC)NCCCCn1ccnc1C.I. The first-order valence-electron chi connectivity index (χ1n) is 9.48. The molecule has 1 aromatic rings. The maximum absolute atomic E-state index is 4.79. The van der Waals surface area contributed by atoms with Gasteiger partial charge in [-0.2, -0.15) is 0 Å². The number of aliphatic imine (C=N–C) groups is 1. The molecule has 0 aliphatic carbocycles. The number of imidazole rings is 1. The standard InChI is InChI=1S/C18H34N6.HI/c1-4-19-18(22-15-17-9-8-13-23(17)5-2)21-10-6-7-12-24-14-11-20-16(24)3;/h11,14,17H,4-10,12-13,15H2,1-3H3,(H2,19,21,22);1H. The molecular weight excluding hydrogens is 427 g/mol. The molecule has 0 spiro atoms. The molecule has 1 atom stereocenters. The number of rotatable bonds is 9. The molecule has 1 aromatic heterocycles. The Kier molecular flexibility index (Phi) is 11.1. The zero-order chi connectivity index (χ0) is 17.2. The molecule has 2 N–H and O–H groups in total. The summed E-state index contributed by atoms with van der Waals surface area (Å²) in [5.74, 6) is 2.05. The second-order valence-corrected chi connectivity index (χ2v) is 6.45. The minimum Gasteiger partial charge on any atom is -0.357 e. The zero-order valence-corrected chi connectivity index (χ0v) is 18.3. The summed E-state index contributed by atoms with van der Waals surface area (Å²) in [7, 11) is 0. The van der Waals surface area contributed by atoms with Crippen LogP contribution in [0.5, 0.6) is 0 Å². The Balaban J connectivity index is 0.00000312. The third kappa shape index (κ3) is 7.52. The first kappa shape index (κ1) is 22.2. The number of hydrogen-bond donors (Lipinski definition) is 2. The lowest BCUT2D eigenvalue weighted by molar-refractivity contribution is 0.273. The van der Waals surface area contributed by atoms with Crippen molar-refractivity contribution in [2.24, 2.45) is 4.99 Å². The minimum atomic E-state index is 0. The number of guanidine groups is 1. The highest BCUT2D eigenvalue weighted by Crippen LogP contribution is 2.16. The molecule has 1 saturated heterocycles. The van der Waals surface area contributed by atoms with E-state index < -0.39 is 0 Å². The van der Waals surface area contributed by atoms with Crippen LogP contribution in [0.25, 0.3) is 0 Å². The molecule has 1 aliphatic rings. The van der Waals surface area contributed by atoms with Gasteiger partial charge >= 0.3 is 0 Å². The van der Waals surface area contributed by atoms with Crippen molar-refractivity contribution in [3.63, 3.8) is 0 Å². The number of unbranched alkanes of at least 4 members (excludes halogenated alkanes) is 1. The monoisotopic (exact) mass is 462 g/mol. The summed E-state index contributed by atoms with van der Waals surface area (Å²) in [6.45, 7) is 12.6. The van der Waals surface area contributed by atoms with E-state index in [0.29, 0.717) is 6.04 Å². The Morgan fingerprint density at radius 3 is 2.84 bits per heavy atom. The van der Waals surface area contributed by atoms with E-state index in [1.54, 1.807) is 0 Å². The highest BCUT2D eigenvalue weighted by atomic mass is 127. The molecule has 1 aliphatic heterocycles. The van der Waals surface area contributed by atoms with Crippen LogP contribution in [0.1, 0.15) is 45.4 Å². The van der Waals surface area contributed by atoms with Crippen LogP contribution in [0.15, 0.2) is 17.4 Å². The van der Waals surface area contributed by atoms with Crippen LogP contribution in [-0.4, -0.2) is 59.2 Å². The van der Waals surface area contributed by atoms with Gasteiger partial charge in [0.05, 0.1) is 6.54 Å². The lowest BCUT2D eigenvalue weighted by Crippen LogP contribution is -2.39. The van der Waals surface area contributed by atoms with Gasteiger partial charge in [-0.3, -0.25) is 9.89 Å². The third-order valence-electron chi connectivity index (χ3n) is 4.75. The van der Waals surface area contributed by atoms with E-state index >= 15 is 0 Å². The molecule has 0 saturated carbocycles. The van der Waals surface area contributed by atoms with Crippen LogP contribution >= 0.6 is 24.0 Å². The van der Waals surface area contributed by atoms with Crippen molar-refractivity contribution in [1.82, 2.24) is 25.1 Å². The van der Waals surface area contributed by atoms with Gasteiger partial charge in [-0.1, -0.05) is 6.92 Å². The summed E-state index contributed by atoms with van der Waals surface area (Å²) in [6, 6.07) is 0.620. The molecule has 0 radical (unpaired) electrons. The number of likely N-dealkylation sites (tertiary alicyclic amines) is 1. The van der Waals surface area contributed by atoms with Crippen molar-refractivity contribution in [2.45, 2.75) is 59.0 Å². The van der Waals surface area contributed by atoms with Gasteiger partial charge in [0.25, 0.3) is 0 Å². The maximum atomic E-state index is 4.79. The van der Waals surface area contributed by atoms with E-state index in [-0.39, 0.29) is 24.0 Å². The fraction of sp³-hybridized carbons (Fsp3) is 0.778.